The topological polar surface area (TPSA) is 26.3 Å². The van der Waals surface area contributed by atoms with Crippen LogP contribution >= 0.6 is 0 Å². The Morgan fingerprint density at radius 2 is 1.68 bits per heavy atom. The zero-order chi connectivity index (χ0) is 15.9. The fourth-order valence-corrected chi connectivity index (χ4v) is 2.04. The summed E-state index contributed by atoms with van der Waals surface area (Å²) >= 11 is 0. The summed E-state index contributed by atoms with van der Waals surface area (Å²) in [7, 11) is 0. The van der Waals surface area contributed by atoms with Gasteiger partial charge in [-0.2, -0.15) is 0 Å². The summed E-state index contributed by atoms with van der Waals surface area (Å²) in [5.74, 6) is 0.186. The molecule has 2 heteroatoms. The third-order valence-corrected chi connectivity index (χ3v) is 3.52. The SMILES string of the molecule is Cc1ccc(COC(=O)/C=C/c2ccc(C(C)C)cc2)cc1. The van der Waals surface area contributed by atoms with Crippen molar-refractivity contribution < 1.29 is 9.53 Å². The molecule has 0 aromatic heterocycles. The minimum absolute atomic E-state index is 0.301. The first kappa shape index (κ1) is 16.0. The average Bonchev–Trinajstić information content (AvgIpc) is 2.52. The molecular weight excluding hydrogens is 272 g/mol. The quantitative estimate of drug-likeness (QED) is 0.580. The maximum absolute atomic E-state index is 11.7. The monoisotopic (exact) mass is 294 g/mol. The van der Waals surface area contributed by atoms with Gasteiger partial charge in [0, 0.05) is 6.08 Å². The standard InChI is InChI=1S/C20H22O2/c1-15(2)19-11-8-17(9-12-19)10-13-20(21)22-14-18-6-4-16(3)5-7-18/h4-13,15H,14H2,1-3H3/b13-10+. The van der Waals surface area contributed by atoms with Gasteiger partial charge in [-0.1, -0.05) is 67.9 Å². The highest BCUT2D eigenvalue weighted by atomic mass is 16.5. The first-order valence-electron chi connectivity index (χ1n) is 7.55. The van der Waals surface area contributed by atoms with Crippen molar-refractivity contribution in [1.29, 1.82) is 0 Å². The molecule has 0 aliphatic heterocycles. The molecule has 0 saturated heterocycles. The van der Waals surface area contributed by atoms with Crippen LogP contribution in [-0.2, 0) is 16.1 Å². The second-order valence-electron chi connectivity index (χ2n) is 5.75. The second kappa shape index (κ2) is 7.60. The Hall–Kier alpha value is -2.35. The molecule has 0 heterocycles. The minimum Gasteiger partial charge on any atom is -0.458 e. The fraction of sp³-hybridized carbons (Fsp3) is 0.250. The van der Waals surface area contributed by atoms with Gasteiger partial charge in [-0.25, -0.2) is 4.79 Å². The highest BCUT2D eigenvalue weighted by Gasteiger charge is 2.00. The Kier molecular flexibility index (Phi) is 5.54. The van der Waals surface area contributed by atoms with Gasteiger partial charge in [0.15, 0.2) is 0 Å². The van der Waals surface area contributed by atoms with Crippen LogP contribution in [0.2, 0.25) is 0 Å². The van der Waals surface area contributed by atoms with Crippen molar-refractivity contribution in [3.05, 3.63) is 76.9 Å². The Morgan fingerprint density at radius 3 is 2.27 bits per heavy atom. The van der Waals surface area contributed by atoms with E-state index in [9.17, 15) is 4.79 Å². The van der Waals surface area contributed by atoms with Gasteiger partial charge in [0.05, 0.1) is 0 Å². The third-order valence-electron chi connectivity index (χ3n) is 3.52. The maximum Gasteiger partial charge on any atom is 0.331 e. The van der Waals surface area contributed by atoms with Gasteiger partial charge in [-0.05, 0) is 35.6 Å². The molecule has 0 atom stereocenters. The van der Waals surface area contributed by atoms with E-state index in [0.29, 0.717) is 12.5 Å². The summed E-state index contributed by atoms with van der Waals surface area (Å²) in [6, 6.07) is 16.2. The molecule has 0 fully saturated rings. The van der Waals surface area contributed by atoms with E-state index < -0.39 is 0 Å². The van der Waals surface area contributed by atoms with Gasteiger partial charge >= 0.3 is 5.97 Å². The Balaban J connectivity index is 1.87. The van der Waals surface area contributed by atoms with E-state index in [2.05, 4.69) is 26.0 Å². The lowest BCUT2D eigenvalue weighted by Gasteiger charge is -2.05. The molecule has 114 valence electrons. The first-order valence-corrected chi connectivity index (χ1v) is 7.55. The van der Waals surface area contributed by atoms with Gasteiger partial charge in [-0.3, -0.25) is 0 Å². The maximum atomic E-state index is 11.7. The van der Waals surface area contributed by atoms with Crippen molar-refractivity contribution in [3.8, 4) is 0 Å². The van der Waals surface area contributed by atoms with Crippen molar-refractivity contribution >= 4 is 12.0 Å². The summed E-state index contributed by atoms with van der Waals surface area (Å²) in [6.45, 7) is 6.65. The van der Waals surface area contributed by atoms with E-state index in [1.54, 1.807) is 6.08 Å². The molecule has 2 aromatic rings. The van der Waals surface area contributed by atoms with Gasteiger partial charge in [-0.15, -0.1) is 0 Å². The molecule has 0 saturated carbocycles. The van der Waals surface area contributed by atoms with Crippen molar-refractivity contribution in [2.75, 3.05) is 0 Å². The smallest absolute Gasteiger partial charge is 0.331 e. The molecule has 0 unspecified atom stereocenters. The van der Waals surface area contributed by atoms with E-state index in [-0.39, 0.29) is 5.97 Å². The van der Waals surface area contributed by atoms with E-state index in [4.69, 9.17) is 4.74 Å². The number of carbonyl (C=O) groups excluding carboxylic acids is 1. The van der Waals surface area contributed by atoms with Crippen LogP contribution in [0.15, 0.2) is 54.6 Å². The fourth-order valence-electron chi connectivity index (χ4n) is 2.04. The van der Waals surface area contributed by atoms with Gasteiger partial charge in [0.2, 0.25) is 0 Å². The van der Waals surface area contributed by atoms with Crippen molar-refractivity contribution in [2.24, 2.45) is 0 Å². The summed E-state index contributed by atoms with van der Waals surface area (Å²) in [5, 5.41) is 0. The summed E-state index contributed by atoms with van der Waals surface area (Å²) in [4.78, 5) is 11.7. The zero-order valence-corrected chi connectivity index (χ0v) is 13.4. The van der Waals surface area contributed by atoms with Crippen molar-refractivity contribution in [1.82, 2.24) is 0 Å². The Morgan fingerprint density at radius 1 is 1.05 bits per heavy atom. The van der Waals surface area contributed by atoms with Crippen LogP contribution in [0.3, 0.4) is 0 Å². The number of rotatable bonds is 5. The number of benzene rings is 2. The van der Waals surface area contributed by atoms with E-state index in [0.717, 1.165) is 11.1 Å². The Bertz CT molecular complexity index is 634. The number of aryl methyl sites for hydroxylation is 1. The van der Waals surface area contributed by atoms with Crippen LogP contribution < -0.4 is 0 Å². The molecule has 0 aliphatic carbocycles. The number of esters is 1. The molecule has 0 amide bonds. The lowest BCUT2D eigenvalue weighted by atomic mass is 10.0. The van der Waals surface area contributed by atoms with Gasteiger partial charge in [0.25, 0.3) is 0 Å². The first-order chi connectivity index (χ1) is 10.5. The van der Waals surface area contributed by atoms with Crippen LogP contribution in [-0.4, -0.2) is 5.97 Å². The predicted octanol–water partition coefficient (Wildman–Crippen LogP) is 4.88. The summed E-state index contributed by atoms with van der Waals surface area (Å²) < 4.78 is 5.23. The molecule has 22 heavy (non-hydrogen) atoms. The van der Waals surface area contributed by atoms with Gasteiger partial charge < -0.3 is 4.74 Å². The lowest BCUT2D eigenvalue weighted by Crippen LogP contribution is -2.00. The highest BCUT2D eigenvalue weighted by molar-refractivity contribution is 5.87. The van der Waals surface area contributed by atoms with Gasteiger partial charge in [0.1, 0.15) is 6.61 Å². The Labute approximate surface area is 132 Å². The molecule has 2 aromatic carbocycles. The molecule has 2 nitrogen and oxygen atoms in total. The number of hydrogen-bond donors (Lipinski definition) is 0. The van der Waals surface area contributed by atoms with Crippen molar-refractivity contribution in [2.45, 2.75) is 33.3 Å². The third kappa shape index (κ3) is 4.88. The predicted molar refractivity (Wildman–Crippen MR) is 90.5 cm³/mol. The molecule has 0 bridgehead atoms. The summed E-state index contributed by atoms with van der Waals surface area (Å²) in [6.07, 6.45) is 3.25. The largest absolute Gasteiger partial charge is 0.458 e. The minimum atomic E-state index is -0.325. The normalized spacial score (nSPS) is 11.1. The molecule has 0 spiro atoms. The van der Waals surface area contributed by atoms with Crippen LogP contribution in [0.1, 0.15) is 42.0 Å². The molecule has 0 N–H and O–H groups in total. The number of carbonyl (C=O) groups is 1. The van der Waals surface area contributed by atoms with E-state index >= 15 is 0 Å². The van der Waals surface area contributed by atoms with Crippen LogP contribution in [0.5, 0.6) is 0 Å². The average molecular weight is 294 g/mol. The van der Waals surface area contributed by atoms with E-state index in [1.165, 1.54) is 17.2 Å². The van der Waals surface area contributed by atoms with Crippen LogP contribution in [0, 0.1) is 6.92 Å². The molecule has 0 radical (unpaired) electrons. The molecule has 2 rings (SSSR count). The number of ether oxygens (including phenoxy) is 1. The van der Waals surface area contributed by atoms with E-state index in [1.807, 2.05) is 43.3 Å². The number of hydrogen-bond acceptors (Lipinski definition) is 2. The summed E-state index contributed by atoms with van der Waals surface area (Å²) in [5.41, 5.74) is 4.48. The van der Waals surface area contributed by atoms with Crippen LogP contribution in [0.25, 0.3) is 6.08 Å². The zero-order valence-electron chi connectivity index (χ0n) is 13.4. The van der Waals surface area contributed by atoms with Crippen LogP contribution in [0.4, 0.5) is 0 Å². The highest BCUT2D eigenvalue weighted by Crippen LogP contribution is 2.15. The molecular formula is C20H22O2. The second-order valence-corrected chi connectivity index (χ2v) is 5.75. The van der Waals surface area contributed by atoms with Crippen molar-refractivity contribution in [3.63, 3.8) is 0 Å². The molecule has 0 aliphatic rings. The lowest BCUT2D eigenvalue weighted by molar-refractivity contribution is -0.138.